The first-order valence-corrected chi connectivity index (χ1v) is 33.5. The van der Waals surface area contributed by atoms with Crippen molar-refractivity contribution in [3.8, 4) is 16.9 Å². The van der Waals surface area contributed by atoms with Crippen molar-refractivity contribution in [3.05, 3.63) is 125 Å². The summed E-state index contributed by atoms with van der Waals surface area (Å²) < 4.78 is 12.8. The number of carbonyl (C=O) groups is 4. The molecule has 11 rings (SSSR count). The van der Waals surface area contributed by atoms with Crippen molar-refractivity contribution in [2.75, 3.05) is 34.8 Å². The van der Waals surface area contributed by atoms with Crippen molar-refractivity contribution in [2.24, 2.45) is 13.0 Å². The van der Waals surface area contributed by atoms with Crippen LogP contribution in [0.3, 0.4) is 0 Å². The van der Waals surface area contributed by atoms with Gasteiger partial charge < -0.3 is 10.0 Å². The first-order valence-electron chi connectivity index (χ1n) is 26.4. The number of hydrogen-bond donors (Lipinski definition) is 3. The standard InChI is InChI=1S/C41H43N4O4S.C17H20N4O2.In/c1-25(2)14-15-27-16-18-29(19-17-27)49-35-12-7-9-30(26(35)3)31-20-21-37(43-38(31)40(47)48)45-23-22-28-8-6-10-32(33(28)24-45)39(46)44-41-42-34-11-4-5-13-36(34)50-41;1-4-21(5-2)13-8-6-7-11-15(19-20(3)16(11)13)12-9-10-14(22)18-17(12)23;/h4-13,20-21,27,29H,14-19,22-24H2,1-3H3,(H,47,48)(H,42,44,46);6-8,12H,1-2,4-5,9-10H2,3H3,(H,18,22,23);. The van der Waals surface area contributed by atoms with E-state index in [2.05, 4.69) is 63.5 Å². The molecule has 4 aromatic carbocycles. The average Bonchev–Trinajstić information content (AvgIpc) is 3.98. The number of para-hydroxylation sites is 2. The summed E-state index contributed by atoms with van der Waals surface area (Å²) in [7, 11) is 1.97. The van der Waals surface area contributed by atoms with E-state index in [1.165, 1.54) is 38.2 Å². The van der Waals surface area contributed by atoms with E-state index in [1.54, 1.807) is 0 Å². The van der Waals surface area contributed by atoms with Crippen LogP contribution < -0.4 is 25.2 Å². The number of nitrogens with one attached hydrogen (secondary N) is 2. The summed E-state index contributed by atoms with van der Waals surface area (Å²) in [6, 6.07) is 29.6. The number of aryl methyl sites for hydroxylation is 1. The molecule has 16 heteroatoms. The van der Waals surface area contributed by atoms with Gasteiger partial charge in [-0.25, -0.2) is 14.8 Å². The smallest absolute Gasteiger partial charge is 0.476 e. The van der Waals surface area contributed by atoms with Crippen LogP contribution in [0.4, 0.5) is 16.6 Å². The van der Waals surface area contributed by atoms with Crippen LogP contribution in [-0.2, 0) is 29.6 Å². The Balaban J connectivity index is 0.689. The summed E-state index contributed by atoms with van der Waals surface area (Å²) in [5.41, 5.74) is 8.65. The number of nitrogens with zero attached hydrogens (tertiary/aromatic N) is 6. The number of anilines is 3. The molecule has 6 heterocycles. The van der Waals surface area contributed by atoms with Gasteiger partial charge in [0.1, 0.15) is 5.82 Å². The molecule has 2 saturated heterocycles. The summed E-state index contributed by atoms with van der Waals surface area (Å²) in [6.45, 7) is 10.3. The van der Waals surface area contributed by atoms with Crippen molar-refractivity contribution in [3.63, 3.8) is 0 Å². The Kier molecular flexibility index (Phi) is 14.0. The predicted molar refractivity (Wildman–Crippen MR) is 293 cm³/mol. The number of pyridine rings is 1. The number of amides is 3. The van der Waals surface area contributed by atoms with Crippen LogP contribution in [0.5, 0.6) is 5.75 Å². The fraction of sp³-hybridized carbons (Fsp3) is 0.397. The molecule has 1 aliphatic carbocycles. The molecule has 380 valence electrons. The average molecular weight is 1120 g/mol. The van der Waals surface area contributed by atoms with Crippen molar-refractivity contribution >= 4 is 94.2 Å². The van der Waals surface area contributed by atoms with Gasteiger partial charge in [0.05, 0.1) is 10.2 Å². The fourth-order valence-corrected chi connectivity index (χ4v) is 23.7. The van der Waals surface area contributed by atoms with Crippen molar-refractivity contribution in [2.45, 2.75) is 109 Å². The van der Waals surface area contributed by atoms with Crippen LogP contribution in [0.15, 0.2) is 91.0 Å². The van der Waals surface area contributed by atoms with Gasteiger partial charge in [0.2, 0.25) is 0 Å². The minimum absolute atomic E-state index is 0.0153. The number of fused-ring (bicyclic) bond motifs is 3. The topological polar surface area (TPSA) is 172 Å². The van der Waals surface area contributed by atoms with E-state index in [4.69, 9.17) is 14.8 Å². The van der Waals surface area contributed by atoms with E-state index >= 15 is 0 Å². The Morgan fingerprint density at radius 1 is 0.865 bits per heavy atom. The molecule has 0 radical (unpaired) electrons. The molecule has 7 aromatic rings. The second-order valence-corrected chi connectivity index (χ2v) is 34.4. The molecule has 1 saturated carbocycles. The Labute approximate surface area is 443 Å². The zero-order valence-electron chi connectivity index (χ0n) is 42.7. The minimum atomic E-state index is -1.92. The maximum absolute atomic E-state index is 13.7. The Hall–Kier alpha value is -6.26. The molecule has 1 unspecified atom stereocenters. The number of ether oxygens (including phenoxy) is 1. The molecular weight excluding hydrogens is 1050 g/mol. The molecule has 3 aliphatic heterocycles. The summed E-state index contributed by atoms with van der Waals surface area (Å²) in [6.07, 6.45) is 8.47. The molecule has 1 atom stereocenters. The van der Waals surface area contributed by atoms with Gasteiger partial charge in [-0.05, 0) is 47.9 Å². The second kappa shape index (κ2) is 20.8. The molecule has 74 heavy (non-hydrogen) atoms. The van der Waals surface area contributed by atoms with E-state index in [1.807, 2.05) is 85.4 Å². The normalized spacial score (nSPS) is 19.4. The number of hydrogen-bond acceptors (Lipinski definition) is 11. The Morgan fingerprint density at radius 2 is 1.65 bits per heavy atom. The van der Waals surface area contributed by atoms with Gasteiger partial charge in [0.15, 0.2) is 10.8 Å². The van der Waals surface area contributed by atoms with Crippen LogP contribution in [0.25, 0.3) is 32.2 Å². The molecule has 4 aliphatic rings. The number of imide groups is 1. The van der Waals surface area contributed by atoms with Crippen LogP contribution in [0.2, 0.25) is 11.5 Å². The van der Waals surface area contributed by atoms with Gasteiger partial charge in [-0.3, -0.25) is 10.1 Å². The van der Waals surface area contributed by atoms with Crippen molar-refractivity contribution < 1.29 is 29.0 Å². The monoisotopic (exact) mass is 1110 g/mol. The summed E-state index contributed by atoms with van der Waals surface area (Å²) in [5, 5.41) is 22.5. The molecule has 3 fully saturated rings. The third kappa shape index (κ3) is 10.0. The third-order valence-corrected chi connectivity index (χ3v) is 30.2. The zero-order valence-corrected chi connectivity index (χ0v) is 46.8. The van der Waals surface area contributed by atoms with Gasteiger partial charge in [-0.1, -0.05) is 35.6 Å². The molecule has 3 amide bonds. The number of carboxylic acids is 1. The predicted octanol–water partition coefficient (Wildman–Crippen LogP) is 11.1. The van der Waals surface area contributed by atoms with Gasteiger partial charge in [0, 0.05) is 18.7 Å². The molecule has 3 N–H and O–H groups in total. The second-order valence-electron chi connectivity index (χ2n) is 21.6. The van der Waals surface area contributed by atoms with Crippen LogP contribution in [0.1, 0.15) is 114 Å². The molecular formula is C58H63InN8O6S. The first kappa shape index (κ1) is 49.9. The number of carbonyl (C=O) groups excluding carboxylic acids is 3. The molecule has 0 bridgehead atoms. The number of benzene rings is 4. The number of piperidine rings is 1. The first-order chi connectivity index (χ1) is 35.8. The van der Waals surface area contributed by atoms with E-state index in [0.29, 0.717) is 63.5 Å². The quantitative estimate of drug-likeness (QED) is 0.0939. The van der Waals surface area contributed by atoms with Crippen LogP contribution in [-0.4, -0.2) is 95.7 Å². The molecule has 0 spiro atoms. The number of aromatic nitrogens is 4. The van der Waals surface area contributed by atoms with Gasteiger partial charge in [0.25, 0.3) is 5.91 Å². The number of rotatable bonds is 13. The number of carboxylic acid groups (broad SMARTS) is 1. The minimum Gasteiger partial charge on any atom is -0.476 e. The summed E-state index contributed by atoms with van der Waals surface area (Å²) in [5.74, 6) is -0.161. The van der Waals surface area contributed by atoms with E-state index in [-0.39, 0.29) is 29.5 Å². The number of thiazole rings is 1. The summed E-state index contributed by atoms with van der Waals surface area (Å²) in [4.78, 5) is 65.3. The number of aromatic carboxylic acids is 1. The SMILES string of the molecule is Cc1c(OC2CCC(CC[C](C)(C)[In]3[CH2]CN(c4cccc5c(C6CCC(=O)NC6=O)nn(C)c45)C[CH2]3)CC2)cccc1-c1ccc(N2CCc3cccc(C(=O)Nc4nc5ccccc5s4)c3C2)nc1C(=O)O. The van der Waals surface area contributed by atoms with Gasteiger partial charge in [-0.2, -0.15) is 0 Å². The van der Waals surface area contributed by atoms with Crippen LogP contribution in [0, 0.1) is 12.8 Å². The van der Waals surface area contributed by atoms with Gasteiger partial charge in [-0.15, -0.1) is 0 Å². The summed E-state index contributed by atoms with van der Waals surface area (Å²) >= 11 is -0.479. The van der Waals surface area contributed by atoms with Crippen LogP contribution >= 0.6 is 11.3 Å². The Bertz CT molecular complexity index is 3280. The van der Waals surface area contributed by atoms with Gasteiger partial charge >= 0.3 is 276 Å². The fourth-order valence-electron chi connectivity index (χ4n) is 12.3. The maximum atomic E-state index is 13.7. The van der Waals surface area contributed by atoms with E-state index < -0.39 is 33.3 Å². The zero-order chi connectivity index (χ0) is 51.3. The molecule has 14 nitrogen and oxygen atoms in total. The Morgan fingerprint density at radius 3 is 2.43 bits per heavy atom. The third-order valence-electron chi connectivity index (χ3n) is 16.7. The van der Waals surface area contributed by atoms with Crippen molar-refractivity contribution in [1.82, 2.24) is 25.1 Å². The van der Waals surface area contributed by atoms with E-state index in [9.17, 15) is 24.3 Å². The molecule has 3 aromatic heterocycles. The van der Waals surface area contributed by atoms with E-state index in [0.717, 1.165) is 93.6 Å². The van der Waals surface area contributed by atoms with Crippen molar-refractivity contribution in [1.29, 1.82) is 0 Å².